The molecule has 2 rings (SSSR count). The zero-order valence-electron chi connectivity index (χ0n) is 6.38. The standard InChI is InChI=1S/C6H7N5S/c1-3-9-4-5(11-10-3)7-2-8-6(4)12/h2H,1H3,(H,9,10)(H2,7,8,11,12). The minimum Gasteiger partial charge on any atom is -0.330 e. The fraction of sp³-hybridized carbons (Fsp3) is 0.167. The third-order valence-electron chi connectivity index (χ3n) is 1.48. The van der Waals surface area contributed by atoms with Crippen LogP contribution in [-0.4, -0.2) is 15.8 Å². The molecule has 0 saturated heterocycles. The lowest BCUT2D eigenvalue weighted by atomic mass is 10.4. The molecule has 0 amide bonds. The first-order chi connectivity index (χ1) is 5.77. The number of aromatic nitrogens is 2. The molecule has 1 aliphatic rings. The van der Waals surface area contributed by atoms with Crippen LogP contribution < -0.4 is 10.9 Å². The molecule has 1 aromatic heterocycles. The van der Waals surface area contributed by atoms with E-state index in [1.807, 2.05) is 6.92 Å². The van der Waals surface area contributed by atoms with Crippen molar-refractivity contribution in [3.63, 3.8) is 0 Å². The van der Waals surface area contributed by atoms with Crippen molar-refractivity contribution in [2.45, 2.75) is 6.92 Å². The lowest BCUT2D eigenvalue weighted by molar-refractivity contribution is 1.01. The Labute approximate surface area is 73.9 Å². The largest absolute Gasteiger partial charge is 0.330 e. The normalized spacial score (nSPS) is 13.9. The maximum absolute atomic E-state index is 4.99. The minimum atomic E-state index is 0.497. The fourth-order valence-electron chi connectivity index (χ4n) is 0.940. The second-order valence-electron chi connectivity index (χ2n) is 2.38. The number of fused-ring (bicyclic) bond motifs is 1. The Kier molecular flexibility index (Phi) is 1.54. The highest BCUT2D eigenvalue weighted by molar-refractivity contribution is 7.71. The number of hydrazine groups is 1. The van der Waals surface area contributed by atoms with Gasteiger partial charge in [0.2, 0.25) is 0 Å². The summed E-state index contributed by atoms with van der Waals surface area (Å²) in [6.07, 6.45) is 1.53. The monoisotopic (exact) mass is 181 g/mol. The van der Waals surface area contributed by atoms with Crippen LogP contribution in [0.1, 0.15) is 6.92 Å². The fourth-order valence-corrected chi connectivity index (χ4v) is 1.14. The summed E-state index contributed by atoms with van der Waals surface area (Å²) in [7, 11) is 0. The van der Waals surface area contributed by atoms with Gasteiger partial charge in [-0.15, -0.1) is 0 Å². The molecular formula is C6H7N5S. The molecule has 0 saturated carbocycles. The van der Waals surface area contributed by atoms with Crippen LogP contribution in [0.4, 0.5) is 11.5 Å². The first-order valence-electron chi connectivity index (χ1n) is 3.42. The molecule has 0 fully saturated rings. The first-order valence-corrected chi connectivity index (χ1v) is 3.83. The van der Waals surface area contributed by atoms with Crippen molar-refractivity contribution in [1.82, 2.24) is 15.4 Å². The molecule has 0 aromatic carbocycles. The van der Waals surface area contributed by atoms with Crippen molar-refractivity contribution in [2.75, 3.05) is 5.43 Å². The number of aromatic amines is 1. The molecule has 1 aliphatic heterocycles. The van der Waals surface area contributed by atoms with Gasteiger partial charge in [0.15, 0.2) is 10.5 Å². The maximum atomic E-state index is 4.99. The van der Waals surface area contributed by atoms with Crippen LogP contribution in [0.25, 0.3) is 0 Å². The molecule has 0 aliphatic carbocycles. The molecule has 0 atom stereocenters. The molecule has 2 heterocycles. The molecule has 3 N–H and O–H groups in total. The van der Waals surface area contributed by atoms with Gasteiger partial charge in [-0.25, -0.2) is 9.98 Å². The smallest absolute Gasteiger partial charge is 0.157 e. The number of hydrogen-bond donors (Lipinski definition) is 3. The number of hydrogen-bond acceptors (Lipinski definition) is 5. The van der Waals surface area contributed by atoms with Gasteiger partial charge in [0.1, 0.15) is 11.5 Å². The van der Waals surface area contributed by atoms with E-state index in [1.54, 1.807) is 0 Å². The number of aliphatic imine (C=N–C) groups is 1. The number of anilines is 1. The summed E-state index contributed by atoms with van der Waals surface area (Å²) in [5, 5.41) is 0. The van der Waals surface area contributed by atoms with Gasteiger partial charge in [0.05, 0.1) is 6.33 Å². The predicted octanol–water partition coefficient (Wildman–Crippen LogP) is 1.12. The topological polar surface area (TPSA) is 65.1 Å². The molecular weight excluding hydrogens is 174 g/mol. The Morgan fingerprint density at radius 1 is 1.42 bits per heavy atom. The third-order valence-corrected chi connectivity index (χ3v) is 1.78. The average molecular weight is 181 g/mol. The van der Waals surface area contributed by atoms with Gasteiger partial charge >= 0.3 is 0 Å². The third kappa shape index (κ3) is 1.06. The summed E-state index contributed by atoms with van der Waals surface area (Å²) < 4.78 is 0.497. The summed E-state index contributed by atoms with van der Waals surface area (Å²) in [5.41, 5.74) is 6.45. The van der Waals surface area contributed by atoms with Crippen LogP contribution in [0, 0.1) is 4.64 Å². The van der Waals surface area contributed by atoms with E-state index in [1.165, 1.54) is 6.33 Å². The first kappa shape index (κ1) is 7.23. The van der Waals surface area contributed by atoms with E-state index in [4.69, 9.17) is 12.2 Å². The molecule has 0 radical (unpaired) electrons. The van der Waals surface area contributed by atoms with E-state index in [-0.39, 0.29) is 0 Å². The molecule has 62 valence electrons. The number of H-pyrrole nitrogens is 1. The zero-order valence-corrected chi connectivity index (χ0v) is 7.20. The Balaban J connectivity index is 2.67. The summed E-state index contributed by atoms with van der Waals surface area (Å²) in [4.78, 5) is 11.0. The molecule has 5 nitrogen and oxygen atoms in total. The Bertz CT molecular complexity index is 393. The molecule has 0 bridgehead atoms. The van der Waals surface area contributed by atoms with Crippen molar-refractivity contribution >= 4 is 29.6 Å². The number of amidine groups is 1. The lowest BCUT2D eigenvalue weighted by Gasteiger charge is -2.15. The second kappa shape index (κ2) is 2.56. The molecule has 1 aromatic rings. The predicted molar refractivity (Wildman–Crippen MR) is 48.9 cm³/mol. The van der Waals surface area contributed by atoms with Gasteiger partial charge in [0.25, 0.3) is 0 Å². The summed E-state index contributed by atoms with van der Waals surface area (Å²) in [6, 6.07) is 0. The Hall–Kier alpha value is -1.43. The summed E-state index contributed by atoms with van der Waals surface area (Å²) in [6.45, 7) is 1.84. The van der Waals surface area contributed by atoms with Crippen molar-refractivity contribution in [3.8, 4) is 0 Å². The number of rotatable bonds is 0. The Morgan fingerprint density at radius 2 is 2.25 bits per heavy atom. The van der Waals surface area contributed by atoms with Crippen LogP contribution in [0.2, 0.25) is 0 Å². The highest BCUT2D eigenvalue weighted by atomic mass is 32.1. The second-order valence-corrected chi connectivity index (χ2v) is 2.77. The lowest BCUT2D eigenvalue weighted by Crippen LogP contribution is -2.30. The van der Waals surface area contributed by atoms with Gasteiger partial charge < -0.3 is 4.98 Å². The van der Waals surface area contributed by atoms with E-state index in [9.17, 15) is 0 Å². The highest BCUT2D eigenvalue weighted by Crippen LogP contribution is 2.23. The molecule has 6 heteroatoms. The van der Waals surface area contributed by atoms with Gasteiger partial charge in [-0.1, -0.05) is 12.2 Å². The van der Waals surface area contributed by atoms with Crippen molar-refractivity contribution in [1.29, 1.82) is 0 Å². The SMILES string of the molecule is CC1=Nc2c([nH]cnc2=S)NN1. The van der Waals surface area contributed by atoms with Crippen molar-refractivity contribution < 1.29 is 0 Å². The van der Waals surface area contributed by atoms with E-state index in [2.05, 4.69) is 25.8 Å². The van der Waals surface area contributed by atoms with Crippen LogP contribution >= 0.6 is 12.2 Å². The molecule has 0 unspecified atom stereocenters. The van der Waals surface area contributed by atoms with Gasteiger partial charge in [-0.2, -0.15) is 0 Å². The highest BCUT2D eigenvalue weighted by Gasteiger charge is 2.08. The minimum absolute atomic E-state index is 0.497. The van der Waals surface area contributed by atoms with Crippen molar-refractivity contribution in [3.05, 3.63) is 11.0 Å². The van der Waals surface area contributed by atoms with E-state index in [0.29, 0.717) is 10.3 Å². The van der Waals surface area contributed by atoms with Crippen LogP contribution in [0.3, 0.4) is 0 Å². The van der Waals surface area contributed by atoms with E-state index < -0.39 is 0 Å². The summed E-state index contributed by atoms with van der Waals surface area (Å²) >= 11 is 4.99. The van der Waals surface area contributed by atoms with Gasteiger partial charge in [0, 0.05) is 0 Å². The maximum Gasteiger partial charge on any atom is 0.157 e. The Morgan fingerprint density at radius 3 is 3.08 bits per heavy atom. The van der Waals surface area contributed by atoms with E-state index >= 15 is 0 Å². The molecule has 0 spiro atoms. The average Bonchev–Trinajstić information content (AvgIpc) is 2.07. The quantitative estimate of drug-likeness (QED) is 0.525. The zero-order chi connectivity index (χ0) is 8.55. The van der Waals surface area contributed by atoms with Crippen LogP contribution in [0.15, 0.2) is 11.3 Å². The van der Waals surface area contributed by atoms with Gasteiger partial charge in [-0.3, -0.25) is 10.9 Å². The molecule has 12 heavy (non-hydrogen) atoms. The van der Waals surface area contributed by atoms with Crippen LogP contribution in [-0.2, 0) is 0 Å². The van der Waals surface area contributed by atoms with E-state index in [0.717, 1.165) is 11.7 Å². The number of nitrogens with one attached hydrogen (secondary N) is 3. The van der Waals surface area contributed by atoms with Crippen molar-refractivity contribution in [2.24, 2.45) is 4.99 Å². The number of nitrogens with zero attached hydrogens (tertiary/aromatic N) is 2. The van der Waals surface area contributed by atoms with Gasteiger partial charge in [-0.05, 0) is 6.92 Å². The van der Waals surface area contributed by atoms with Crippen LogP contribution in [0.5, 0.6) is 0 Å². The summed E-state index contributed by atoms with van der Waals surface area (Å²) in [5.74, 6) is 1.52.